The second-order valence-corrected chi connectivity index (χ2v) is 5.47. The third-order valence-corrected chi connectivity index (χ3v) is 3.68. The molecular weight excluding hydrogens is 288 g/mol. The molecule has 0 spiro atoms. The van der Waals surface area contributed by atoms with Crippen LogP contribution >= 0.6 is 11.8 Å². The van der Waals surface area contributed by atoms with Gasteiger partial charge in [0.25, 0.3) is 5.56 Å². The van der Waals surface area contributed by atoms with Gasteiger partial charge in [0.05, 0.1) is 5.69 Å². The van der Waals surface area contributed by atoms with Crippen molar-refractivity contribution >= 4 is 23.4 Å². The van der Waals surface area contributed by atoms with Crippen LogP contribution < -0.4 is 10.9 Å². The molecular formula is C14H16N4O2S. The van der Waals surface area contributed by atoms with Gasteiger partial charge in [-0.25, -0.2) is 0 Å². The number of carbonyl (C=O) groups is 1. The predicted octanol–water partition coefficient (Wildman–Crippen LogP) is 2.29. The summed E-state index contributed by atoms with van der Waals surface area (Å²) >= 11 is 1.45. The van der Waals surface area contributed by atoms with E-state index < -0.39 is 0 Å². The van der Waals surface area contributed by atoms with Crippen molar-refractivity contribution in [2.24, 2.45) is 0 Å². The van der Waals surface area contributed by atoms with E-state index in [4.69, 9.17) is 0 Å². The Morgan fingerprint density at radius 3 is 2.76 bits per heavy atom. The monoisotopic (exact) mass is 304 g/mol. The van der Waals surface area contributed by atoms with Crippen LogP contribution in [0, 0.1) is 0 Å². The highest BCUT2D eigenvalue weighted by Gasteiger charge is 2.12. The summed E-state index contributed by atoms with van der Waals surface area (Å²) in [5.41, 5.74) is 0.967. The van der Waals surface area contributed by atoms with Crippen molar-refractivity contribution < 1.29 is 4.79 Å². The highest BCUT2D eigenvalue weighted by Crippen LogP contribution is 2.23. The van der Waals surface area contributed by atoms with E-state index in [0.717, 1.165) is 12.2 Å². The van der Waals surface area contributed by atoms with Gasteiger partial charge in [0.1, 0.15) is 0 Å². The fourth-order valence-corrected chi connectivity index (χ4v) is 2.41. The van der Waals surface area contributed by atoms with Crippen LogP contribution in [0.15, 0.2) is 34.2 Å². The third kappa shape index (κ3) is 3.91. The Balaban J connectivity index is 2.38. The minimum absolute atomic E-state index is 0.195. The second-order valence-electron chi connectivity index (χ2n) is 4.38. The van der Waals surface area contributed by atoms with Crippen LogP contribution in [0.2, 0.25) is 0 Å². The number of nitrogens with one attached hydrogen (secondary N) is 2. The van der Waals surface area contributed by atoms with E-state index in [9.17, 15) is 9.59 Å². The molecule has 7 heteroatoms. The first-order valence-corrected chi connectivity index (χ1v) is 7.57. The topological polar surface area (TPSA) is 87.7 Å². The zero-order chi connectivity index (χ0) is 15.2. The quantitative estimate of drug-likeness (QED) is 0.827. The molecule has 0 saturated carbocycles. The minimum Gasteiger partial charge on any atom is -0.326 e. The second kappa shape index (κ2) is 7.03. The molecule has 1 aromatic heterocycles. The van der Waals surface area contributed by atoms with Crippen LogP contribution in [0.1, 0.15) is 20.3 Å². The van der Waals surface area contributed by atoms with E-state index in [2.05, 4.69) is 27.4 Å². The summed E-state index contributed by atoms with van der Waals surface area (Å²) in [5.74, 6) is 0.661. The summed E-state index contributed by atoms with van der Waals surface area (Å²) in [6.07, 6.45) is 0.988. The van der Waals surface area contributed by atoms with Crippen molar-refractivity contribution in [3.63, 3.8) is 0 Å². The number of carbonyl (C=O) groups excluding carboxylic acids is 1. The summed E-state index contributed by atoms with van der Waals surface area (Å²) in [5, 5.41) is 11.2. The number of anilines is 1. The Hall–Kier alpha value is -2.15. The predicted molar refractivity (Wildman–Crippen MR) is 83.4 cm³/mol. The molecule has 2 rings (SSSR count). The van der Waals surface area contributed by atoms with Gasteiger partial charge in [-0.15, -0.1) is 10.2 Å². The first-order valence-electron chi connectivity index (χ1n) is 6.58. The number of nitrogens with zero attached hydrogens (tertiary/aromatic N) is 2. The van der Waals surface area contributed by atoms with Crippen LogP contribution in [-0.4, -0.2) is 26.8 Å². The van der Waals surface area contributed by atoms with Gasteiger partial charge in [-0.05, 0) is 12.5 Å². The first kappa shape index (κ1) is 15.2. The van der Waals surface area contributed by atoms with Crippen LogP contribution in [0.5, 0.6) is 0 Å². The van der Waals surface area contributed by atoms with Gasteiger partial charge in [-0.3, -0.25) is 14.6 Å². The minimum atomic E-state index is -0.318. The molecule has 1 aromatic carbocycles. The summed E-state index contributed by atoms with van der Waals surface area (Å²) < 4.78 is 0. The van der Waals surface area contributed by atoms with Crippen molar-refractivity contribution in [1.82, 2.24) is 15.2 Å². The molecule has 0 fully saturated rings. The summed E-state index contributed by atoms with van der Waals surface area (Å²) in [6, 6.07) is 7.00. The average molecular weight is 304 g/mol. The standard InChI is InChI=1S/C14H16N4O2S/c1-3-8-21-14-16-13(20)12(17-18-14)10-6-4-5-7-11(10)15-9(2)19/h4-7H,3,8H2,1-2H3,(H,15,19)(H,16,18,20). The Bertz CT molecular complexity index is 699. The normalized spacial score (nSPS) is 10.4. The van der Waals surface area contributed by atoms with Crippen LogP contribution in [0.4, 0.5) is 5.69 Å². The Morgan fingerprint density at radius 2 is 2.10 bits per heavy atom. The van der Waals surface area contributed by atoms with E-state index >= 15 is 0 Å². The molecule has 0 aliphatic rings. The zero-order valence-corrected chi connectivity index (χ0v) is 12.7. The van der Waals surface area contributed by atoms with Gasteiger partial charge in [-0.2, -0.15) is 0 Å². The Kier molecular flexibility index (Phi) is 5.10. The van der Waals surface area contributed by atoms with E-state index in [1.165, 1.54) is 18.7 Å². The molecule has 0 unspecified atom stereocenters. The van der Waals surface area contributed by atoms with Crippen LogP contribution in [0.3, 0.4) is 0 Å². The number of hydrogen-bond donors (Lipinski definition) is 2. The Morgan fingerprint density at radius 1 is 1.33 bits per heavy atom. The molecule has 1 heterocycles. The molecule has 0 atom stereocenters. The lowest BCUT2D eigenvalue weighted by molar-refractivity contribution is -0.114. The average Bonchev–Trinajstić information content (AvgIpc) is 2.45. The van der Waals surface area contributed by atoms with Crippen molar-refractivity contribution in [1.29, 1.82) is 0 Å². The number of para-hydroxylation sites is 1. The van der Waals surface area contributed by atoms with Crippen molar-refractivity contribution in [3.8, 4) is 11.3 Å². The van der Waals surface area contributed by atoms with Gasteiger partial charge in [0.15, 0.2) is 10.9 Å². The maximum Gasteiger partial charge on any atom is 0.278 e. The fraction of sp³-hybridized carbons (Fsp3) is 0.286. The molecule has 0 aliphatic carbocycles. The van der Waals surface area contributed by atoms with Crippen molar-refractivity contribution in [2.75, 3.05) is 11.1 Å². The fourth-order valence-electron chi connectivity index (χ4n) is 1.75. The third-order valence-electron chi connectivity index (χ3n) is 2.61. The van der Waals surface area contributed by atoms with E-state index in [-0.39, 0.29) is 17.2 Å². The smallest absolute Gasteiger partial charge is 0.278 e. The largest absolute Gasteiger partial charge is 0.326 e. The SMILES string of the molecule is CCCSc1nnc(-c2ccccc2NC(C)=O)c(=O)[nH]1. The van der Waals surface area contributed by atoms with E-state index in [1.807, 2.05) is 0 Å². The van der Waals surface area contributed by atoms with Gasteiger partial charge in [0.2, 0.25) is 5.91 Å². The van der Waals surface area contributed by atoms with Gasteiger partial charge in [-0.1, -0.05) is 36.9 Å². The molecule has 1 amide bonds. The molecule has 110 valence electrons. The summed E-state index contributed by atoms with van der Waals surface area (Å²) in [6.45, 7) is 3.47. The van der Waals surface area contributed by atoms with E-state index in [0.29, 0.717) is 16.4 Å². The number of thioether (sulfide) groups is 1. The highest BCUT2D eigenvalue weighted by molar-refractivity contribution is 7.99. The highest BCUT2D eigenvalue weighted by atomic mass is 32.2. The molecule has 0 bridgehead atoms. The van der Waals surface area contributed by atoms with Crippen molar-refractivity contribution in [2.45, 2.75) is 25.4 Å². The molecule has 0 aliphatic heterocycles. The Labute approximate surface area is 126 Å². The maximum absolute atomic E-state index is 12.2. The molecule has 0 saturated heterocycles. The van der Waals surface area contributed by atoms with Gasteiger partial charge < -0.3 is 5.32 Å². The number of H-pyrrole nitrogens is 1. The van der Waals surface area contributed by atoms with Crippen molar-refractivity contribution in [3.05, 3.63) is 34.6 Å². The number of rotatable bonds is 5. The molecule has 21 heavy (non-hydrogen) atoms. The molecule has 2 aromatic rings. The summed E-state index contributed by atoms with van der Waals surface area (Å²) in [4.78, 5) is 26.1. The molecule has 2 N–H and O–H groups in total. The van der Waals surface area contributed by atoms with Gasteiger partial charge in [0, 0.05) is 18.2 Å². The number of hydrogen-bond acceptors (Lipinski definition) is 5. The van der Waals surface area contributed by atoms with E-state index in [1.54, 1.807) is 24.3 Å². The lowest BCUT2D eigenvalue weighted by Gasteiger charge is -2.08. The lowest BCUT2D eigenvalue weighted by Crippen LogP contribution is -2.16. The molecule has 0 radical (unpaired) electrons. The number of aromatic nitrogens is 3. The molecule has 6 nitrogen and oxygen atoms in total. The van der Waals surface area contributed by atoms with Gasteiger partial charge >= 0.3 is 0 Å². The van der Waals surface area contributed by atoms with Crippen LogP contribution in [0.25, 0.3) is 11.3 Å². The number of amides is 1. The zero-order valence-electron chi connectivity index (χ0n) is 11.8. The first-order chi connectivity index (χ1) is 10.1. The lowest BCUT2D eigenvalue weighted by atomic mass is 10.1. The summed E-state index contributed by atoms with van der Waals surface area (Å²) in [7, 11) is 0. The number of benzene rings is 1. The maximum atomic E-state index is 12.2. The number of aromatic amines is 1. The van der Waals surface area contributed by atoms with Crippen LogP contribution in [-0.2, 0) is 4.79 Å².